The van der Waals surface area contributed by atoms with E-state index < -0.39 is 0 Å². The highest BCUT2D eigenvalue weighted by Gasteiger charge is 2.04. The van der Waals surface area contributed by atoms with E-state index in [2.05, 4.69) is 15.3 Å². The summed E-state index contributed by atoms with van der Waals surface area (Å²) in [6.45, 7) is 0. The molecule has 0 aliphatic rings. The van der Waals surface area contributed by atoms with Crippen molar-refractivity contribution in [2.45, 2.75) is 5.88 Å². The molecule has 1 aromatic heterocycles. The average molecular weight is 208 g/mol. The zero-order valence-corrected chi connectivity index (χ0v) is 8.54. The Labute approximate surface area is 87.1 Å². The molecule has 1 aromatic carbocycles. The van der Waals surface area contributed by atoms with Gasteiger partial charge in [0.15, 0.2) is 0 Å². The minimum atomic E-state index is 0.333. The van der Waals surface area contributed by atoms with Gasteiger partial charge < -0.3 is 5.32 Å². The van der Waals surface area contributed by atoms with Crippen LogP contribution in [0.1, 0.15) is 5.82 Å². The number of nitrogens with zero attached hydrogens (tertiary/aromatic N) is 2. The smallest absolute Gasteiger partial charge is 0.146 e. The summed E-state index contributed by atoms with van der Waals surface area (Å²) < 4.78 is 0. The van der Waals surface area contributed by atoms with Crippen molar-refractivity contribution < 1.29 is 0 Å². The molecule has 1 N–H and O–H groups in total. The monoisotopic (exact) mass is 207 g/mol. The molecule has 72 valence electrons. The fraction of sp³-hybridized carbons (Fsp3) is 0.200. The molecule has 0 fully saturated rings. The van der Waals surface area contributed by atoms with E-state index in [0.717, 1.165) is 16.7 Å². The molecule has 0 radical (unpaired) electrons. The number of rotatable bonds is 2. The quantitative estimate of drug-likeness (QED) is 0.769. The summed E-state index contributed by atoms with van der Waals surface area (Å²) in [5.41, 5.74) is 0.919. The second kappa shape index (κ2) is 3.80. The Balaban J connectivity index is 2.73. The van der Waals surface area contributed by atoms with Crippen molar-refractivity contribution in [3.63, 3.8) is 0 Å². The van der Waals surface area contributed by atoms with E-state index in [1.807, 2.05) is 31.3 Å². The van der Waals surface area contributed by atoms with Crippen LogP contribution < -0.4 is 5.32 Å². The van der Waals surface area contributed by atoms with Crippen LogP contribution in [0.2, 0.25) is 0 Å². The normalized spacial score (nSPS) is 10.4. The van der Waals surface area contributed by atoms with E-state index in [9.17, 15) is 0 Å². The molecule has 2 rings (SSSR count). The summed E-state index contributed by atoms with van der Waals surface area (Å²) in [6.07, 6.45) is 0. The Kier molecular flexibility index (Phi) is 2.50. The average Bonchev–Trinajstić information content (AvgIpc) is 2.27. The lowest BCUT2D eigenvalue weighted by Crippen LogP contribution is -1.99. The van der Waals surface area contributed by atoms with Crippen molar-refractivity contribution in [3.05, 3.63) is 30.1 Å². The van der Waals surface area contributed by atoms with E-state index in [4.69, 9.17) is 11.6 Å². The number of fused-ring (bicyclic) bond motifs is 1. The molecule has 0 saturated carbocycles. The largest absolute Gasteiger partial charge is 0.373 e. The van der Waals surface area contributed by atoms with Crippen molar-refractivity contribution in [3.8, 4) is 0 Å². The molecule has 0 aliphatic carbocycles. The highest BCUT2D eigenvalue weighted by molar-refractivity contribution is 6.16. The number of aromatic nitrogens is 2. The number of alkyl halides is 1. The topological polar surface area (TPSA) is 37.8 Å². The Bertz CT molecular complexity index is 456. The number of anilines is 1. The molecule has 4 heteroatoms. The lowest BCUT2D eigenvalue weighted by Gasteiger charge is -2.05. The predicted octanol–water partition coefficient (Wildman–Crippen LogP) is 2.41. The van der Waals surface area contributed by atoms with Crippen LogP contribution in [0.3, 0.4) is 0 Å². The predicted molar refractivity (Wildman–Crippen MR) is 58.6 cm³/mol. The molecule has 0 amide bonds. The maximum absolute atomic E-state index is 5.70. The van der Waals surface area contributed by atoms with Crippen LogP contribution >= 0.6 is 11.6 Å². The molecule has 0 aliphatic heterocycles. The summed E-state index contributed by atoms with van der Waals surface area (Å²) in [7, 11) is 1.84. The van der Waals surface area contributed by atoms with Gasteiger partial charge in [-0.3, -0.25) is 0 Å². The molecule has 1 heterocycles. The van der Waals surface area contributed by atoms with Gasteiger partial charge in [-0.25, -0.2) is 9.97 Å². The molecular formula is C10H10ClN3. The van der Waals surface area contributed by atoms with Crippen molar-refractivity contribution in [2.24, 2.45) is 0 Å². The number of hydrogen-bond acceptors (Lipinski definition) is 3. The molecule has 0 unspecified atom stereocenters. The van der Waals surface area contributed by atoms with Gasteiger partial charge in [0.1, 0.15) is 11.6 Å². The van der Waals surface area contributed by atoms with Crippen molar-refractivity contribution in [1.29, 1.82) is 0 Å². The maximum Gasteiger partial charge on any atom is 0.146 e. The molecule has 0 spiro atoms. The van der Waals surface area contributed by atoms with Gasteiger partial charge >= 0.3 is 0 Å². The summed E-state index contributed by atoms with van der Waals surface area (Å²) in [5.74, 6) is 1.81. The third-order valence-corrected chi connectivity index (χ3v) is 2.24. The van der Waals surface area contributed by atoms with E-state index in [0.29, 0.717) is 11.7 Å². The van der Waals surface area contributed by atoms with Gasteiger partial charge in [0, 0.05) is 12.4 Å². The summed E-state index contributed by atoms with van der Waals surface area (Å²) in [5, 5.41) is 4.05. The highest BCUT2D eigenvalue weighted by Crippen LogP contribution is 2.19. The van der Waals surface area contributed by atoms with E-state index in [-0.39, 0.29) is 0 Å². The number of nitrogens with one attached hydrogen (secondary N) is 1. The van der Waals surface area contributed by atoms with Gasteiger partial charge in [-0.1, -0.05) is 12.1 Å². The van der Waals surface area contributed by atoms with Crippen molar-refractivity contribution >= 4 is 28.3 Å². The van der Waals surface area contributed by atoms with E-state index in [1.165, 1.54) is 0 Å². The van der Waals surface area contributed by atoms with Gasteiger partial charge in [0.2, 0.25) is 0 Å². The first-order chi connectivity index (χ1) is 6.85. The van der Waals surface area contributed by atoms with Crippen LogP contribution in [0.25, 0.3) is 10.9 Å². The molecule has 2 aromatic rings. The van der Waals surface area contributed by atoms with Gasteiger partial charge in [-0.05, 0) is 12.1 Å². The number of halogens is 1. The molecule has 0 bridgehead atoms. The second-order valence-electron chi connectivity index (χ2n) is 2.89. The maximum atomic E-state index is 5.70. The molecule has 0 atom stereocenters. The standard InChI is InChI=1S/C10H10ClN3/c1-12-10-7-4-2-3-5-8(7)13-9(6-11)14-10/h2-5H,6H2,1H3,(H,12,13,14). The van der Waals surface area contributed by atoms with Gasteiger partial charge in [-0.2, -0.15) is 0 Å². The van der Waals surface area contributed by atoms with Gasteiger partial charge in [0.25, 0.3) is 0 Å². The zero-order valence-electron chi connectivity index (χ0n) is 7.79. The molecule has 14 heavy (non-hydrogen) atoms. The SMILES string of the molecule is CNc1nc(CCl)nc2ccccc12. The third kappa shape index (κ3) is 1.51. The lowest BCUT2D eigenvalue weighted by molar-refractivity contribution is 1.06. The fourth-order valence-corrected chi connectivity index (χ4v) is 1.49. The Morgan fingerprint density at radius 1 is 1.29 bits per heavy atom. The zero-order chi connectivity index (χ0) is 9.97. The van der Waals surface area contributed by atoms with E-state index in [1.54, 1.807) is 0 Å². The van der Waals surface area contributed by atoms with Crippen LogP contribution in [0.15, 0.2) is 24.3 Å². The Hall–Kier alpha value is -1.35. The summed E-state index contributed by atoms with van der Waals surface area (Å²) in [4.78, 5) is 8.60. The highest BCUT2D eigenvalue weighted by atomic mass is 35.5. The molecule has 3 nitrogen and oxygen atoms in total. The van der Waals surface area contributed by atoms with E-state index >= 15 is 0 Å². The number of benzene rings is 1. The van der Waals surface area contributed by atoms with Crippen molar-refractivity contribution in [2.75, 3.05) is 12.4 Å². The summed E-state index contributed by atoms with van der Waals surface area (Å²) in [6, 6.07) is 7.85. The minimum absolute atomic E-state index is 0.333. The number of para-hydroxylation sites is 1. The molecule has 0 saturated heterocycles. The first-order valence-electron chi connectivity index (χ1n) is 4.34. The minimum Gasteiger partial charge on any atom is -0.373 e. The molecular weight excluding hydrogens is 198 g/mol. The second-order valence-corrected chi connectivity index (χ2v) is 3.16. The third-order valence-electron chi connectivity index (χ3n) is 2.01. The lowest BCUT2D eigenvalue weighted by atomic mass is 10.2. The fourth-order valence-electron chi connectivity index (χ4n) is 1.38. The van der Waals surface area contributed by atoms with Gasteiger partial charge in [-0.15, -0.1) is 11.6 Å². The van der Waals surface area contributed by atoms with Gasteiger partial charge in [0.05, 0.1) is 11.4 Å². The van der Waals surface area contributed by atoms with Crippen LogP contribution in [-0.4, -0.2) is 17.0 Å². The Morgan fingerprint density at radius 2 is 2.07 bits per heavy atom. The van der Waals surface area contributed by atoms with Crippen LogP contribution in [-0.2, 0) is 5.88 Å². The van der Waals surface area contributed by atoms with Crippen LogP contribution in [0, 0.1) is 0 Å². The first kappa shape index (κ1) is 9.21. The summed E-state index contributed by atoms with van der Waals surface area (Å²) >= 11 is 5.70. The number of hydrogen-bond donors (Lipinski definition) is 1. The van der Waals surface area contributed by atoms with Crippen LogP contribution in [0.4, 0.5) is 5.82 Å². The Morgan fingerprint density at radius 3 is 2.79 bits per heavy atom. The van der Waals surface area contributed by atoms with Crippen molar-refractivity contribution in [1.82, 2.24) is 9.97 Å². The van der Waals surface area contributed by atoms with Crippen LogP contribution in [0.5, 0.6) is 0 Å². The first-order valence-corrected chi connectivity index (χ1v) is 4.88.